The van der Waals surface area contributed by atoms with E-state index < -0.39 is 24.5 Å². The monoisotopic (exact) mass is 433 g/mol. The highest BCUT2D eigenvalue weighted by atomic mass is 19.4. The number of aryl methyl sites for hydroxylation is 2. The van der Waals surface area contributed by atoms with Crippen LogP contribution in [0.5, 0.6) is 0 Å². The second-order valence-corrected chi connectivity index (χ2v) is 7.51. The SMILES string of the molecule is CCc1cccc(C)c1N(C(=O)Cn1c(C(F)(F)F)nc2ccccc21)C(C)COC. The van der Waals surface area contributed by atoms with Crippen LogP contribution in [0.15, 0.2) is 42.5 Å². The number of nitrogens with zero attached hydrogens (tertiary/aromatic N) is 3. The molecule has 8 heteroatoms. The van der Waals surface area contributed by atoms with Gasteiger partial charge in [-0.05, 0) is 43.5 Å². The predicted molar refractivity (Wildman–Crippen MR) is 114 cm³/mol. The Morgan fingerprint density at radius 2 is 1.90 bits per heavy atom. The molecule has 1 amide bonds. The number of fused-ring (bicyclic) bond motifs is 1. The number of halogens is 3. The Bertz CT molecular complexity index is 1080. The number of amides is 1. The summed E-state index contributed by atoms with van der Waals surface area (Å²) in [5.74, 6) is -1.54. The number of hydrogen-bond acceptors (Lipinski definition) is 3. The van der Waals surface area contributed by atoms with Gasteiger partial charge in [-0.15, -0.1) is 0 Å². The minimum absolute atomic E-state index is 0.198. The average molecular weight is 433 g/mol. The Morgan fingerprint density at radius 3 is 2.55 bits per heavy atom. The second-order valence-electron chi connectivity index (χ2n) is 7.51. The van der Waals surface area contributed by atoms with Gasteiger partial charge in [-0.1, -0.05) is 37.3 Å². The van der Waals surface area contributed by atoms with Gasteiger partial charge in [-0.25, -0.2) is 4.98 Å². The second kappa shape index (κ2) is 9.09. The zero-order chi connectivity index (χ0) is 22.8. The van der Waals surface area contributed by atoms with Crippen molar-refractivity contribution in [3.63, 3.8) is 0 Å². The molecule has 0 fully saturated rings. The number of carbonyl (C=O) groups is 1. The Kier molecular flexibility index (Phi) is 6.69. The normalized spacial score (nSPS) is 12.9. The molecule has 1 atom stereocenters. The van der Waals surface area contributed by atoms with Gasteiger partial charge in [0.1, 0.15) is 6.54 Å². The summed E-state index contributed by atoms with van der Waals surface area (Å²) in [6.45, 7) is 5.46. The molecule has 3 rings (SSSR count). The van der Waals surface area contributed by atoms with Gasteiger partial charge in [-0.3, -0.25) is 4.79 Å². The lowest BCUT2D eigenvalue weighted by Gasteiger charge is -2.32. The topological polar surface area (TPSA) is 47.4 Å². The summed E-state index contributed by atoms with van der Waals surface area (Å²) >= 11 is 0. The van der Waals surface area contributed by atoms with Crippen LogP contribution >= 0.6 is 0 Å². The highest BCUT2D eigenvalue weighted by Crippen LogP contribution is 2.33. The van der Waals surface area contributed by atoms with Crippen LogP contribution in [-0.4, -0.2) is 35.2 Å². The molecule has 3 aromatic rings. The number of para-hydroxylation sites is 3. The van der Waals surface area contributed by atoms with Crippen molar-refractivity contribution >= 4 is 22.6 Å². The molecule has 1 heterocycles. The van der Waals surface area contributed by atoms with Crippen molar-refractivity contribution in [1.82, 2.24) is 9.55 Å². The molecule has 1 aromatic heterocycles. The van der Waals surface area contributed by atoms with Gasteiger partial charge in [0, 0.05) is 7.11 Å². The predicted octanol–water partition coefficient (Wildman–Crippen LogP) is 4.99. The van der Waals surface area contributed by atoms with Crippen molar-refractivity contribution in [3.05, 3.63) is 59.4 Å². The molecule has 5 nitrogen and oxygen atoms in total. The van der Waals surface area contributed by atoms with Gasteiger partial charge >= 0.3 is 6.18 Å². The maximum absolute atomic E-state index is 13.7. The number of anilines is 1. The fourth-order valence-electron chi connectivity index (χ4n) is 3.92. The summed E-state index contributed by atoms with van der Waals surface area (Å²) in [6, 6.07) is 11.7. The van der Waals surface area contributed by atoms with E-state index in [1.807, 2.05) is 39.0 Å². The van der Waals surface area contributed by atoms with Crippen LogP contribution in [0.25, 0.3) is 11.0 Å². The first-order valence-electron chi connectivity index (χ1n) is 10.1. The summed E-state index contributed by atoms with van der Waals surface area (Å²) in [5.41, 5.74) is 3.01. The molecule has 2 aromatic carbocycles. The van der Waals surface area contributed by atoms with Crippen LogP contribution in [-0.2, 0) is 28.7 Å². The molecular formula is C23H26F3N3O2. The molecule has 0 spiro atoms. The lowest BCUT2D eigenvalue weighted by molar-refractivity contribution is -0.147. The minimum Gasteiger partial charge on any atom is -0.383 e. The third kappa shape index (κ3) is 4.58. The summed E-state index contributed by atoms with van der Waals surface area (Å²) in [4.78, 5) is 18.8. The molecule has 31 heavy (non-hydrogen) atoms. The molecule has 0 saturated heterocycles. The first kappa shape index (κ1) is 22.8. The average Bonchev–Trinajstić information content (AvgIpc) is 3.08. The van der Waals surface area contributed by atoms with E-state index in [2.05, 4.69) is 4.98 Å². The molecule has 0 aliphatic carbocycles. The molecule has 1 unspecified atom stereocenters. The van der Waals surface area contributed by atoms with Crippen molar-refractivity contribution in [1.29, 1.82) is 0 Å². The highest BCUT2D eigenvalue weighted by Gasteiger charge is 2.38. The number of ether oxygens (including phenoxy) is 1. The molecule has 0 N–H and O–H groups in total. The zero-order valence-corrected chi connectivity index (χ0v) is 18.0. The Hall–Kier alpha value is -2.87. The lowest BCUT2D eigenvalue weighted by atomic mass is 10.0. The number of hydrogen-bond donors (Lipinski definition) is 0. The minimum atomic E-state index is -4.68. The molecule has 0 bridgehead atoms. The summed E-state index contributed by atoms with van der Waals surface area (Å²) in [5, 5.41) is 0. The first-order chi connectivity index (χ1) is 14.7. The van der Waals surface area contributed by atoms with Crippen LogP contribution in [0.1, 0.15) is 30.8 Å². The maximum Gasteiger partial charge on any atom is 0.449 e. The first-order valence-corrected chi connectivity index (χ1v) is 10.1. The summed E-state index contributed by atoms with van der Waals surface area (Å²) < 4.78 is 47.3. The van der Waals surface area contributed by atoms with E-state index in [0.717, 1.165) is 21.4 Å². The fraction of sp³-hybridized carbons (Fsp3) is 0.391. The van der Waals surface area contributed by atoms with Crippen LogP contribution in [0, 0.1) is 6.92 Å². The maximum atomic E-state index is 13.7. The molecular weight excluding hydrogens is 407 g/mol. The van der Waals surface area contributed by atoms with E-state index in [4.69, 9.17) is 4.74 Å². The van der Waals surface area contributed by atoms with Gasteiger partial charge in [0.05, 0.1) is 29.4 Å². The molecule has 0 aliphatic heterocycles. The van der Waals surface area contributed by atoms with Crippen LogP contribution in [0.4, 0.5) is 18.9 Å². The Balaban J connectivity index is 2.11. The van der Waals surface area contributed by atoms with Crippen LogP contribution in [0.3, 0.4) is 0 Å². The molecule has 0 radical (unpaired) electrons. The molecule has 166 valence electrons. The number of alkyl halides is 3. The van der Waals surface area contributed by atoms with Crippen molar-refractivity contribution in [2.75, 3.05) is 18.6 Å². The van der Waals surface area contributed by atoms with E-state index in [9.17, 15) is 18.0 Å². The lowest BCUT2D eigenvalue weighted by Crippen LogP contribution is -2.44. The largest absolute Gasteiger partial charge is 0.449 e. The van der Waals surface area contributed by atoms with E-state index in [1.165, 1.54) is 13.2 Å². The Labute approximate surface area is 179 Å². The van der Waals surface area contributed by atoms with Gasteiger partial charge < -0.3 is 14.2 Å². The van der Waals surface area contributed by atoms with Crippen LogP contribution < -0.4 is 4.90 Å². The summed E-state index contributed by atoms with van der Waals surface area (Å²) in [7, 11) is 1.53. The van der Waals surface area contributed by atoms with Crippen molar-refractivity contribution in [2.45, 2.75) is 46.0 Å². The van der Waals surface area contributed by atoms with E-state index in [-0.39, 0.29) is 23.7 Å². The molecule has 0 aliphatic rings. The standard InChI is InChI=1S/C23H26F3N3O2/c1-5-17-10-8-9-15(2)21(17)29(16(3)14-31-4)20(30)13-28-19-12-7-6-11-18(19)27-22(28)23(24,25)26/h6-12,16H,5,13-14H2,1-4H3. The van der Waals surface area contributed by atoms with Gasteiger partial charge in [-0.2, -0.15) is 13.2 Å². The number of rotatable bonds is 7. The van der Waals surface area contributed by atoms with Gasteiger partial charge in [0.15, 0.2) is 0 Å². The van der Waals surface area contributed by atoms with E-state index in [1.54, 1.807) is 23.1 Å². The van der Waals surface area contributed by atoms with Crippen molar-refractivity contribution in [3.8, 4) is 0 Å². The van der Waals surface area contributed by atoms with Crippen molar-refractivity contribution < 1.29 is 22.7 Å². The highest BCUT2D eigenvalue weighted by molar-refractivity contribution is 5.96. The summed E-state index contributed by atoms with van der Waals surface area (Å²) in [6.07, 6.45) is -4.00. The smallest absolute Gasteiger partial charge is 0.383 e. The zero-order valence-electron chi connectivity index (χ0n) is 18.0. The Morgan fingerprint density at radius 1 is 1.19 bits per heavy atom. The third-order valence-corrected chi connectivity index (χ3v) is 5.26. The van der Waals surface area contributed by atoms with Crippen molar-refractivity contribution in [2.24, 2.45) is 0 Å². The number of benzene rings is 2. The number of aromatic nitrogens is 2. The fourth-order valence-corrected chi connectivity index (χ4v) is 3.92. The number of imidazole rings is 1. The third-order valence-electron chi connectivity index (χ3n) is 5.26. The van der Waals surface area contributed by atoms with Crippen LogP contribution in [0.2, 0.25) is 0 Å². The van der Waals surface area contributed by atoms with Gasteiger partial charge in [0.25, 0.3) is 0 Å². The number of methoxy groups -OCH3 is 1. The quantitative estimate of drug-likeness (QED) is 0.527. The van der Waals surface area contributed by atoms with Gasteiger partial charge in [0.2, 0.25) is 11.7 Å². The molecule has 0 saturated carbocycles. The van der Waals surface area contributed by atoms with E-state index in [0.29, 0.717) is 6.42 Å². The number of carbonyl (C=O) groups excluding carboxylic acids is 1. The van der Waals surface area contributed by atoms with E-state index >= 15 is 0 Å².